The van der Waals surface area contributed by atoms with Crippen LogP contribution in [0.1, 0.15) is 25.7 Å². The molecule has 0 bridgehead atoms. The lowest BCUT2D eigenvalue weighted by atomic mass is 9.97. The second-order valence-corrected chi connectivity index (χ2v) is 7.14. The number of hydrogen-bond acceptors (Lipinski definition) is 3. The van der Waals surface area contributed by atoms with Gasteiger partial charge >= 0.3 is 6.03 Å². The molecule has 0 radical (unpaired) electrons. The standard InChI is InChI=1S/C20H24N4O2/c25-19(22-18-10-9-15-6-1-2-8-17(15)21-18)16-7-5-13-24(14-16)20(26)23-11-3-4-12-23/h1-2,6,8-10,16H,3-5,7,11-14H2,(H,21,22,25). The van der Waals surface area contributed by atoms with Gasteiger partial charge in [-0.3, -0.25) is 4.79 Å². The van der Waals surface area contributed by atoms with Crippen LogP contribution in [-0.4, -0.2) is 52.9 Å². The van der Waals surface area contributed by atoms with Crippen molar-refractivity contribution in [1.29, 1.82) is 0 Å². The summed E-state index contributed by atoms with van der Waals surface area (Å²) >= 11 is 0. The molecule has 3 amide bonds. The first-order valence-corrected chi connectivity index (χ1v) is 9.41. The Bertz CT molecular complexity index is 816. The van der Waals surface area contributed by atoms with Crippen LogP contribution in [0.15, 0.2) is 36.4 Å². The van der Waals surface area contributed by atoms with Gasteiger partial charge in [0.15, 0.2) is 0 Å². The molecule has 1 N–H and O–H groups in total. The maximum absolute atomic E-state index is 12.7. The van der Waals surface area contributed by atoms with Gasteiger partial charge in [0.1, 0.15) is 5.82 Å². The summed E-state index contributed by atoms with van der Waals surface area (Å²) in [6.07, 6.45) is 3.83. The van der Waals surface area contributed by atoms with Gasteiger partial charge in [-0.25, -0.2) is 9.78 Å². The third-order valence-electron chi connectivity index (χ3n) is 5.29. The van der Waals surface area contributed by atoms with E-state index in [1.807, 2.05) is 46.2 Å². The van der Waals surface area contributed by atoms with Gasteiger partial charge < -0.3 is 15.1 Å². The van der Waals surface area contributed by atoms with Crippen LogP contribution >= 0.6 is 0 Å². The van der Waals surface area contributed by atoms with Crippen LogP contribution in [0.25, 0.3) is 10.9 Å². The maximum atomic E-state index is 12.7. The molecule has 6 nitrogen and oxygen atoms in total. The summed E-state index contributed by atoms with van der Waals surface area (Å²) in [5.74, 6) is 0.340. The highest BCUT2D eigenvalue weighted by Gasteiger charge is 2.31. The summed E-state index contributed by atoms with van der Waals surface area (Å²) in [6, 6.07) is 11.7. The number of para-hydroxylation sites is 1. The largest absolute Gasteiger partial charge is 0.325 e. The first-order valence-electron chi connectivity index (χ1n) is 9.41. The average molecular weight is 352 g/mol. The number of nitrogens with zero attached hydrogens (tertiary/aromatic N) is 3. The number of amides is 3. The fourth-order valence-corrected chi connectivity index (χ4v) is 3.84. The minimum absolute atomic E-state index is 0.0493. The molecular weight excluding hydrogens is 328 g/mol. The second kappa shape index (κ2) is 7.32. The molecule has 4 rings (SSSR count). The molecule has 1 atom stereocenters. The summed E-state index contributed by atoms with van der Waals surface area (Å²) in [5, 5.41) is 3.98. The Hall–Kier alpha value is -2.63. The van der Waals surface area contributed by atoms with E-state index in [9.17, 15) is 9.59 Å². The summed E-state index contributed by atoms with van der Waals surface area (Å²) in [4.78, 5) is 33.5. The van der Waals surface area contributed by atoms with Crippen molar-refractivity contribution in [3.63, 3.8) is 0 Å². The van der Waals surface area contributed by atoms with Gasteiger partial charge in [-0.15, -0.1) is 0 Å². The van der Waals surface area contributed by atoms with Crippen molar-refractivity contribution in [1.82, 2.24) is 14.8 Å². The van der Waals surface area contributed by atoms with Crippen LogP contribution < -0.4 is 5.32 Å². The third kappa shape index (κ3) is 3.49. The predicted molar refractivity (Wildman–Crippen MR) is 101 cm³/mol. The monoisotopic (exact) mass is 352 g/mol. The molecule has 136 valence electrons. The van der Waals surface area contributed by atoms with Gasteiger partial charge in [-0.2, -0.15) is 0 Å². The van der Waals surface area contributed by atoms with Gasteiger partial charge in [0.25, 0.3) is 0 Å². The SMILES string of the molecule is O=C(Nc1ccc2ccccc2n1)C1CCCN(C(=O)N2CCCC2)C1. The third-order valence-corrected chi connectivity index (χ3v) is 5.29. The topological polar surface area (TPSA) is 65.5 Å². The number of hydrogen-bond donors (Lipinski definition) is 1. The van der Waals surface area contributed by atoms with E-state index in [4.69, 9.17) is 0 Å². The Morgan fingerprint density at radius 3 is 2.58 bits per heavy atom. The van der Waals surface area contributed by atoms with Gasteiger partial charge in [0.2, 0.25) is 5.91 Å². The van der Waals surface area contributed by atoms with Crippen LogP contribution in [0.3, 0.4) is 0 Å². The second-order valence-electron chi connectivity index (χ2n) is 7.14. The van der Waals surface area contributed by atoms with Crippen molar-refractivity contribution < 1.29 is 9.59 Å². The van der Waals surface area contributed by atoms with Gasteiger partial charge in [-0.05, 0) is 43.9 Å². The molecule has 2 saturated heterocycles. The Kier molecular flexibility index (Phi) is 4.73. The first kappa shape index (κ1) is 16.8. The van der Waals surface area contributed by atoms with Crippen LogP contribution in [0.2, 0.25) is 0 Å². The zero-order valence-electron chi connectivity index (χ0n) is 14.9. The molecule has 2 aromatic rings. The van der Waals surface area contributed by atoms with E-state index in [0.29, 0.717) is 12.4 Å². The van der Waals surface area contributed by atoms with Crippen molar-refractivity contribution >= 4 is 28.7 Å². The van der Waals surface area contributed by atoms with Gasteiger partial charge in [0.05, 0.1) is 11.4 Å². The van der Waals surface area contributed by atoms with Crippen LogP contribution in [0.4, 0.5) is 10.6 Å². The Morgan fingerprint density at radius 2 is 1.73 bits per heavy atom. The molecule has 3 heterocycles. The van der Waals surface area contributed by atoms with E-state index in [1.54, 1.807) is 0 Å². The Labute approximate surface area is 153 Å². The lowest BCUT2D eigenvalue weighted by molar-refractivity contribution is -0.121. The quantitative estimate of drug-likeness (QED) is 0.903. The molecule has 0 saturated carbocycles. The van der Waals surface area contributed by atoms with Crippen LogP contribution in [0.5, 0.6) is 0 Å². The van der Waals surface area contributed by atoms with E-state index in [1.165, 1.54) is 0 Å². The first-order chi connectivity index (χ1) is 12.7. The number of pyridine rings is 1. The molecule has 26 heavy (non-hydrogen) atoms. The predicted octanol–water partition coefficient (Wildman–Crippen LogP) is 3.10. The summed E-state index contributed by atoms with van der Waals surface area (Å²) in [6.45, 7) is 2.92. The zero-order chi connectivity index (χ0) is 17.9. The van der Waals surface area contributed by atoms with E-state index in [0.717, 1.165) is 56.2 Å². The number of fused-ring (bicyclic) bond motifs is 1. The fraction of sp³-hybridized carbons (Fsp3) is 0.450. The highest BCUT2D eigenvalue weighted by Crippen LogP contribution is 2.22. The van der Waals surface area contributed by atoms with Crippen molar-refractivity contribution in [2.24, 2.45) is 5.92 Å². The number of anilines is 1. The lowest BCUT2D eigenvalue weighted by Crippen LogP contribution is -2.48. The van der Waals surface area contributed by atoms with Crippen molar-refractivity contribution in [3.8, 4) is 0 Å². The fourth-order valence-electron chi connectivity index (χ4n) is 3.84. The molecule has 1 aromatic carbocycles. The van der Waals surface area contributed by atoms with Crippen molar-refractivity contribution in [2.45, 2.75) is 25.7 Å². The summed E-state index contributed by atoms with van der Waals surface area (Å²) < 4.78 is 0. The minimum atomic E-state index is -0.177. The number of carbonyl (C=O) groups is 2. The molecule has 2 fully saturated rings. The molecule has 6 heteroatoms. The molecule has 0 aliphatic carbocycles. The highest BCUT2D eigenvalue weighted by molar-refractivity contribution is 5.93. The van der Waals surface area contributed by atoms with E-state index < -0.39 is 0 Å². The van der Waals surface area contributed by atoms with Crippen molar-refractivity contribution in [3.05, 3.63) is 36.4 Å². The Morgan fingerprint density at radius 1 is 0.962 bits per heavy atom. The number of carbonyl (C=O) groups excluding carboxylic acids is 2. The number of rotatable bonds is 2. The number of urea groups is 1. The molecule has 0 spiro atoms. The molecule has 2 aliphatic heterocycles. The van der Waals surface area contributed by atoms with Crippen LogP contribution in [0, 0.1) is 5.92 Å². The van der Waals surface area contributed by atoms with E-state index in [2.05, 4.69) is 10.3 Å². The number of nitrogens with one attached hydrogen (secondary N) is 1. The maximum Gasteiger partial charge on any atom is 0.320 e. The van der Waals surface area contributed by atoms with Crippen molar-refractivity contribution in [2.75, 3.05) is 31.5 Å². The normalized spacial score (nSPS) is 20.4. The molecule has 2 aliphatic rings. The minimum Gasteiger partial charge on any atom is -0.325 e. The summed E-state index contributed by atoms with van der Waals surface area (Å²) in [7, 11) is 0. The number of benzene rings is 1. The van der Waals surface area contributed by atoms with E-state index >= 15 is 0 Å². The number of piperidine rings is 1. The molecule has 1 aromatic heterocycles. The average Bonchev–Trinajstić information content (AvgIpc) is 3.22. The number of aromatic nitrogens is 1. The molecular formula is C20H24N4O2. The lowest BCUT2D eigenvalue weighted by Gasteiger charge is -2.34. The van der Waals surface area contributed by atoms with E-state index in [-0.39, 0.29) is 17.9 Å². The molecule has 1 unspecified atom stereocenters. The Balaban J connectivity index is 1.41. The van der Waals surface area contributed by atoms with Gasteiger partial charge in [0, 0.05) is 31.6 Å². The summed E-state index contributed by atoms with van der Waals surface area (Å²) in [5.41, 5.74) is 0.861. The number of likely N-dealkylation sites (tertiary alicyclic amines) is 2. The zero-order valence-corrected chi connectivity index (χ0v) is 14.9. The van der Waals surface area contributed by atoms with Crippen LogP contribution in [-0.2, 0) is 4.79 Å². The smallest absolute Gasteiger partial charge is 0.320 e. The van der Waals surface area contributed by atoms with Gasteiger partial charge in [-0.1, -0.05) is 18.2 Å². The highest BCUT2D eigenvalue weighted by atomic mass is 16.2.